The Balaban J connectivity index is 0.000000360. The van der Waals surface area contributed by atoms with Crippen molar-refractivity contribution in [3.05, 3.63) is 0 Å². The van der Waals surface area contributed by atoms with Crippen LogP contribution in [0.3, 0.4) is 0 Å². The van der Waals surface area contributed by atoms with Gasteiger partial charge < -0.3 is 14.9 Å². The van der Waals surface area contributed by atoms with Gasteiger partial charge in [0.05, 0.1) is 6.54 Å². The third-order valence-corrected chi connectivity index (χ3v) is 4.79. The standard InChI is InChI=1S/C8H17NS.C6H11F2NO.C2H6/c1-8(2)9-4-3-6-10-7-5-9;1-9-3-2-5(10)6(7,8)4-9;1-2/h8H,3-7H2,1-2H3;5,10H,2-4H2,1H3;1-2H3. The first-order chi connectivity index (χ1) is 10.3. The third-order valence-electron chi connectivity index (χ3n) is 3.74. The fourth-order valence-electron chi connectivity index (χ4n) is 2.38. The van der Waals surface area contributed by atoms with E-state index in [9.17, 15) is 8.78 Å². The van der Waals surface area contributed by atoms with E-state index in [4.69, 9.17) is 5.11 Å². The van der Waals surface area contributed by atoms with Crippen LogP contribution in [0.2, 0.25) is 0 Å². The van der Waals surface area contributed by atoms with E-state index in [1.54, 1.807) is 7.05 Å². The van der Waals surface area contributed by atoms with E-state index in [2.05, 4.69) is 30.5 Å². The van der Waals surface area contributed by atoms with E-state index < -0.39 is 12.0 Å². The number of alkyl halides is 2. The molecule has 2 aliphatic heterocycles. The van der Waals surface area contributed by atoms with Crippen molar-refractivity contribution in [1.82, 2.24) is 9.80 Å². The summed E-state index contributed by atoms with van der Waals surface area (Å²) in [7, 11) is 1.62. The van der Waals surface area contributed by atoms with Gasteiger partial charge in [-0.2, -0.15) is 11.8 Å². The Morgan fingerprint density at radius 2 is 1.77 bits per heavy atom. The summed E-state index contributed by atoms with van der Waals surface area (Å²) in [6, 6.07) is 0.749. The van der Waals surface area contributed by atoms with Crippen LogP contribution in [-0.4, -0.2) is 77.7 Å². The minimum absolute atomic E-state index is 0.170. The fourth-order valence-corrected chi connectivity index (χ4v) is 3.28. The number of halogens is 2. The molecule has 22 heavy (non-hydrogen) atoms. The molecule has 0 saturated carbocycles. The zero-order chi connectivity index (χ0) is 17.2. The summed E-state index contributed by atoms with van der Waals surface area (Å²) in [5.74, 6) is -0.214. The van der Waals surface area contributed by atoms with Crippen LogP contribution in [0, 0.1) is 0 Å². The van der Waals surface area contributed by atoms with Crippen molar-refractivity contribution in [3.63, 3.8) is 0 Å². The van der Waals surface area contributed by atoms with Gasteiger partial charge in [-0.3, -0.25) is 0 Å². The SMILES string of the molecule is CC.CC(C)N1CCCSCC1.CN1CCC(O)C(F)(F)C1. The highest BCUT2D eigenvalue weighted by atomic mass is 32.2. The van der Waals surface area contributed by atoms with Gasteiger partial charge >= 0.3 is 0 Å². The molecule has 0 aromatic heterocycles. The van der Waals surface area contributed by atoms with Crippen molar-refractivity contribution in [2.24, 2.45) is 0 Å². The van der Waals surface area contributed by atoms with Gasteiger partial charge in [-0.05, 0) is 46.0 Å². The lowest BCUT2D eigenvalue weighted by molar-refractivity contribution is -0.145. The predicted molar refractivity (Wildman–Crippen MR) is 93.1 cm³/mol. The molecule has 0 spiro atoms. The smallest absolute Gasteiger partial charge is 0.285 e. The Labute approximate surface area is 139 Å². The zero-order valence-corrected chi connectivity index (χ0v) is 15.6. The van der Waals surface area contributed by atoms with E-state index in [1.165, 1.54) is 35.9 Å². The predicted octanol–water partition coefficient (Wildman–Crippen LogP) is 3.18. The van der Waals surface area contributed by atoms with Crippen LogP contribution in [0.25, 0.3) is 0 Å². The third kappa shape index (κ3) is 8.65. The van der Waals surface area contributed by atoms with Crippen molar-refractivity contribution in [2.45, 2.75) is 58.6 Å². The first kappa shape index (κ1) is 22.1. The average molecular weight is 341 g/mol. The lowest BCUT2D eigenvalue weighted by Gasteiger charge is -2.33. The molecular formula is C16H34F2N2OS. The van der Waals surface area contributed by atoms with E-state index in [0.717, 1.165) is 6.04 Å². The van der Waals surface area contributed by atoms with Crippen molar-refractivity contribution in [1.29, 1.82) is 0 Å². The molecule has 1 unspecified atom stereocenters. The Morgan fingerprint density at radius 3 is 2.27 bits per heavy atom. The number of thioether (sulfide) groups is 1. The van der Waals surface area contributed by atoms with Gasteiger partial charge in [-0.15, -0.1) is 0 Å². The van der Waals surface area contributed by atoms with Gasteiger partial charge in [0.2, 0.25) is 0 Å². The summed E-state index contributed by atoms with van der Waals surface area (Å²) < 4.78 is 25.1. The molecule has 1 N–H and O–H groups in total. The molecule has 0 aromatic rings. The van der Waals surface area contributed by atoms with Gasteiger partial charge in [0, 0.05) is 24.9 Å². The van der Waals surface area contributed by atoms with Crippen LogP contribution in [0.1, 0.15) is 40.5 Å². The molecule has 0 aliphatic carbocycles. The van der Waals surface area contributed by atoms with Crippen molar-refractivity contribution < 1.29 is 13.9 Å². The van der Waals surface area contributed by atoms with Crippen LogP contribution in [0.4, 0.5) is 8.78 Å². The maximum Gasteiger partial charge on any atom is 0.285 e. The van der Waals surface area contributed by atoms with Crippen LogP contribution in [0.5, 0.6) is 0 Å². The van der Waals surface area contributed by atoms with Crippen LogP contribution < -0.4 is 0 Å². The average Bonchev–Trinajstić information content (AvgIpc) is 2.75. The number of aliphatic hydroxyl groups is 1. The summed E-state index contributed by atoms with van der Waals surface area (Å²) in [5.41, 5.74) is 0. The van der Waals surface area contributed by atoms with E-state index >= 15 is 0 Å². The Bertz CT molecular complexity index is 273. The van der Waals surface area contributed by atoms with Crippen LogP contribution in [-0.2, 0) is 0 Å². The highest BCUT2D eigenvalue weighted by molar-refractivity contribution is 7.99. The summed E-state index contributed by atoms with van der Waals surface area (Å²) in [5, 5.41) is 8.78. The van der Waals surface area contributed by atoms with Gasteiger partial charge in [0.1, 0.15) is 6.10 Å². The Morgan fingerprint density at radius 1 is 1.14 bits per heavy atom. The second-order valence-electron chi connectivity index (χ2n) is 5.90. The normalized spacial score (nSPS) is 26.3. The molecule has 0 bridgehead atoms. The van der Waals surface area contributed by atoms with Crippen LogP contribution >= 0.6 is 11.8 Å². The second kappa shape index (κ2) is 11.6. The van der Waals surface area contributed by atoms with Crippen molar-refractivity contribution in [2.75, 3.05) is 44.7 Å². The van der Waals surface area contributed by atoms with Gasteiger partial charge in [0.25, 0.3) is 5.92 Å². The number of hydrogen-bond acceptors (Lipinski definition) is 4. The molecule has 2 rings (SSSR count). The Hall–Kier alpha value is 0.0900. The summed E-state index contributed by atoms with van der Waals surface area (Å²) in [6.07, 6.45) is 0.107. The van der Waals surface area contributed by atoms with Crippen LogP contribution in [0.15, 0.2) is 0 Å². The van der Waals surface area contributed by atoms with E-state index in [0.29, 0.717) is 6.54 Å². The largest absolute Gasteiger partial charge is 0.387 e. The van der Waals surface area contributed by atoms with Crippen molar-refractivity contribution in [3.8, 4) is 0 Å². The number of aliphatic hydroxyl groups excluding tert-OH is 1. The molecular weight excluding hydrogens is 306 g/mol. The topological polar surface area (TPSA) is 26.7 Å². The molecule has 0 amide bonds. The number of hydrogen-bond donors (Lipinski definition) is 1. The highest BCUT2D eigenvalue weighted by Gasteiger charge is 2.42. The fraction of sp³-hybridized carbons (Fsp3) is 1.00. The lowest BCUT2D eigenvalue weighted by atomic mass is 10.1. The van der Waals surface area contributed by atoms with Gasteiger partial charge in [-0.1, -0.05) is 13.8 Å². The van der Waals surface area contributed by atoms with Gasteiger partial charge in [-0.25, -0.2) is 8.78 Å². The van der Waals surface area contributed by atoms with E-state index in [-0.39, 0.29) is 13.0 Å². The number of piperidine rings is 1. The van der Waals surface area contributed by atoms with E-state index in [1.807, 2.05) is 13.8 Å². The molecule has 1 atom stereocenters. The number of rotatable bonds is 1. The minimum Gasteiger partial charge on any atom is -0.387 e. The second-order valence-corrected chi connectivity index (χ2v) is 7.12. The first-order valence-corrected chi connectivity index (χ1v) is 9.54. The minimum atomic E-state index is -2.91. The maximum atomic E-state index is 12.6. The highest BCUT2D eigenvalue weighted by Crippen LogP contribution is 2.25. The first-order valence-electron chi connectivity index (χ1n) is 8.39. The van der Waals surface area contributed by atoms with Gasteiger partial charge in [0.15, 0.2) is 0 Å². The zero-order valence-electron chi connectivity index (χ0n) is 14.8. The molecule has 3 nitrogen and oxygen atoms in total. The number of nitrogens with zero attached hydrogens (tertiary/aromatic N) is 2. The summed E-state index contributed by atoms with van der Waals surface area (Å²) >= 11 is 2.10. The molecule has 0 aromatic carbocycles. The molecule has 134 valence electrons. The quantitative estimate of drug-likeness (QED) is 0.793. The Kier molecular flexibility index (Phi) is 11.6. The molecule has 2 heterocycles. The maximum absolute atomic E-state index is 12.6. The molecule has 2 saturated heterocycles. The number of likely N-dealkylation sites (tertiary alicyclic amines) is 1. The van der Waals surface area contributed by atoms with Crippen molar-refractivity contribution >= 4 is 11.8 Å². The molecule has 6 heteroatoms. The molecule has 2 aliphatic rings. The summed E-state index contributed by atoms with van der Waals surface area (Å²) in [6.45, 7) is 11.4. The molecule has 2 fully saturated rings. The lowest BCUT2D eigenvalue weighted by Crippen LogP contribution is -2.49. The monoisotopic (exact) mass is 340 g/mol. The summed E-state index contributed by atoms with van der Waals surface area (Å²) in [4.78, 5) is 4.09. The molecule has 0 radical (unpaired) electrons.